The molecule has 0 aliphatic rings. The van der Waals surface area contributed by atoms with Gasteiger partial charge in [0.05, 0.1) is 11.7 Å². The minimum atomic E-state index is 0.423. The van der Waals surface area contributed by atoms with Gasteiger partial charge in [-0.05, 0) is 32.4 Å². The van der Waals surface area contributed by atoms with Crippen LogP contribution in [0.2, 0.25) is 0 Å². The largest absolute Gasteiger partial charge is 0.308 e. The van der Waals surface area contributed by atoms with Gasteiger partial charge in [-0.3, -0.25) is 4.68 Å². The van der Waals surface area contributed by atoms with Crippen LogP contribution >= 0.6 is 11.8 Å². The molecule has 0 radical (unpaired) electrons. The van der Waals surface area contributed by atoms with Gasteiger partial charge < -0.3 is 5.32 Å². The zero-order valence-corrected chi connectivity index (χ0v) is 13.0. The summed E-state index contributed by atoms with van der Waals surface area (Å²) >= 11 is 2.05. The fraction of sp³-hybridized carbons (Fsp3) is 0.786. The molecule has 0 saturated carbocycles. The van der Waals surface area contributed by atoms with Gasteiger partial charge >= 0.3 is 0 Å². The molecule has 0 aromatic carbocycles. The van der Waals surface area contributed by atoms with E-state index in [1.807, 2.05) is 18.0 Å². The van der Waals surface area contributed by atoms with Crippen LogP contribution in [0.5, 0.6) is 0 Å². The summed E-state index contributed by atoms with van der Waals surface area (Å²) in [6.07, 6.45) is 4.32. The van der Waals surface area contributed by atoms with Crippen LogP contribution < -0.4 is 5.32 Å². The van der Waals surface area contributed by atoms with Gasteiger partial charge in [-0.1, -0.05) is 20.8 Å². The van der Waals surface area contributed by atoms with Gasteiger partial charge in [-0.25, -0.2) is 0 Å². The Labute approximate surface area is 116 Å². The standard InChI is InChI=1S/C14H27N3S/c1-5-9-15-13(11-18-12(4)6-2)14-8-10-16-17(14)7-3/h8,10,12-13,15H,5-7,9,11H2,1-4H3. The zero-order chi connectivity index (χ0) is 13.4. The van der Waals surface area contributed by atoms with E-state index in [9.17, 15) is 0 Å². The second-order valence-corrected chi connectivity index (χ2v) is 6.10. The highest BCUT2D eigenvalue weighted by molar-refractivity contribution is 7.99. The summed E-state index contributed by atoms with van der Waals surface area (Å²) in [5.74, 6) is 1.13. The Bertz CT molecular complexity index is 325. The Kier molecular flexibility index (Phi) is 7.44. The Morgan fingerprint density at radius 1 is 1.39 bits per heavy atom. The highest BCUT2D eigenvalue weighted by atomic mass is 32.2. The zero-order valence-electron chi connectivity index (χ0n) is 12.1. The van der Waals surface area contributed by atoms with Crippen LogP contribution in [0.25, 0.3) is 0 Å². The van der Waals surface area contributed by atoms with E-state index in [1.165, 1.54) is 18.5 Å². The first-order valence-electron chi connectivity index (χ1n) is 7.09. The summed E-state index contributed by atoms with van der Waals surface area (Å²) in [7, 11) is 0. The van der Waals surface area contributed by atoms with E-state index in [-0.39, 0.29) is 0 Å². The van der Waals surface area contributed by atoms with Crippen molar-refractivity contribution in [3.63, 3.8) is 0 Å². The highest BCUT2D eigenvalue weighted by Crippen LogP contribution is 2.22. The summed E-state index contributed by atoms with van der Waals surface area (Å²) < 4.78 is 2.10. The third kappa shape index (κ3) is 4.65. The van der Waals surface area contributed by atoms with Gasteiger partial charge in [0, 0.05) is 23.7 Å². The first-order valence-corrected chi connectivity index (χ1v) is 8.14. The lowest BCUT2D eigenvalue weighted by Crippen LogP contribution is -2.27. The van der Waals surface area contributed by atoms with Crippen molar-refractivity contribution in [3.05, 3.63) is 18.0 Å². The van der Waals surface area contributed by atoms with E-state index in [0.717, 1.165) is 24.1 Å². The molecule has 2 unspecified atom stereocenters. The average molecular weight is 269 g/mol. The number of thioether (sulfide) groups is 1. The Morgan fingerprint density at radius 2 is 2.17 bits per heavy atom. The number of nitrogens with one attached hydrogen (secondary N) is 1. The molecule has 1 aromatic rings. The Balaban J connectivity index is 2.65. The predicted molar refractivity (Wildman–Crippen MR) is 81.1 cm³/mol. The minimum Gasteiger partial charge on any atom is -0.308 e. The van der Waals surface area contributed by atoms with Crippen LogP contribution in [0.4, 0.5) is 0 Å². The van der Waals surface area contributed by atoms with Crippen LogP contribution in [-0.2, 0) is 6.54 Å². The highest BCUT2D eigenvalue weighted by Gasteiger charge is 2.16. The summed E-state index contributed by atoms with van der Waals surface area (Å²) in [6, 6.07) is 2.57. The number of hydrogen-bond acceptors (Lipinski definition) is 3. The molecule has 0 fully saturated rings. The molecule has 0 bridgehead atoms. The number of rotatable bonds is 9. The van der Waals surface area contributed by atoms with Crippen molar-refractivity contribution in [2.75, 3.05) is 12.3 Å². The summed E-state index contributed by atoms with van der Waals surface area (Å²) in [6.45, 7) is 10.9. The smallest absolute Gasteiger partial charge is 0.0583 e. The summed E-state index contributed by atoms with van der Waals surface area (Å²) in [4.78, 5) is 0. The van der Waals surface area contributed by atoms with E-state index in [2.05, 4.69) is 48.9 Å². The average Bonchev–Trinajstić information content (AvgIpc) is 2.86. The van der Waals surface area contributed by atoms with Gasteiger partial charge in [0.2, 0.25) is 0 Å². The van der Waals surface area contributed by atoms with Gasteiger partial charge in [0.1, 0.15) is 0 Å². The fourth-order valence-corrected chi connectivity index (χ4v) is 2.89. The number of aryl methyl sites for hydroxylation is 1. The molecule has 0 amide bonds. The second-order valence-electron chi connectivity index (χ2n) is 4.63. The number of hydrogen-bond donors (Lipinski definition) is 1. The molecule has 1 aromatic heterocycles. The van der Waals surface area contributed by atoms with Crippen LogP contribution in [-0.4, -0.2) is 27.3 Å². The van der Waals surface area contributed by atoms with Crippen molar-refractivity contribution in [3.8, 4) is 0 Å². The van der Waals surface area contributed by atoms with Crippen LogP contribution in [0.1, 0.15) is 52.3 Å². The van der Waals surface area contributed by atoms with Gasteiger partial charge in [0.25, 0.3) is 0 Å². The molecule has 3 nitrogen and oxygen atoms in total. The lowest BCUT2D eigenvalue weighted by Gasteiger charge is -2.21. The second kappa shape index (κ2) is 8.59. The van der Waals surface area contributed by atoms with Crippen molar-refractivity contribution >= 4 is 11.8 Å². The molecule has 18 heavy (non-hydrogen) atoms. The predicted octanol–water partition coefficient (Wildman–Crippen LogP) is 3.48. The maximum atomic E-state index is 4.38. The van der Waals surface area contributed by atoms with E-state index >= 15 is 0 Å². The fourth-order valence-electron chi connectivity index (χ4n) is 1.85. The SMILES string of the molecule is CCCNC(CSC(C)CC)c1ccnn1CC. The Hall–Kier alpha value is -0.480. The van der Waals surface area contributed by atoms with E-state index in [1.54, 1.807) is 0 Å². The molecule has 1 rings (SSSR count). The molecule has 0 aliphatic carbocycles. The molecule has 2 atom stereocenters. The molecule has 0 aliphatic heterocycles. The Morgan fingerprint density at radius 3 is 2.78 bits per heavy atom. The van der Waals surface area contributed by atoms with Crippen LogP contribution in [0, 0.1) is 0 Å². The molecule has 1 N–H and O–H groups in total. The van der Waals surface area contributed by atoms with E-state index in [0.29, 0.717) is 6.04 Å². The monoisotopic (exact) mass is 269 g/mol. The third-order valence-corrected chi connectivity index (χ3v) is 4.60. The lowest BCUT2D eigenvalue weighted by molar-refractivity contribution is 0.514. The topological polar surface area (TPSA) is 29.9 Å². The van der Waals surface area contributed by atoms with Crippen molar-refractivity contribution in [1.82, 2.24) is 15.1 Å². The molecular formula is C14H27N3S. The number of aromatic nitrogens is 2. The molecule has 0 spiro atoms. The molecule has 104 valence electrons. The number of nitrogens with zero attached hydrogens (tertiary/aromatic N) is 2. The maximum absolute atomic E-state index is 4.38. The van der Waals surface area contributed by atoms with Crippen molar-refractivity contribution in [2.45, 2.75) is 58.4 Å². The molecule has 1 heterocycles. The molecule has 0 saturated heterocycles. The van der Waals surface area contributed by atoms with E-state index < -0.39 is 0 Å². The van der Waals surface area contributed by atoms with Gasteiger partial charge in [-0.2, -0.15) is 16.9 Å². The quantitative estimate of drug-likeness (QED) is 0.744. The first kappa shape index (κ1) is 15.6. The van der Waals surface area contributed by atoms with Crippen molar-refractivity contribution in [1.29, 1.82) is 0 Å². The summed E-state index contributed by atoms with van der Waals surface area (Å²) in [5.41, 5.74) is 1.32. The molecule has 4 heteroatoms. The normalized spacial score (nSPS) is 14.7. The first-order chi connectivity index (χ1) is 8.72. The van der Waals surface area contributed by atoms with Gasteiger partial charge in [0.15, 0.2) is 0 Å². The van der Waals surface area contributed by atoms with Crippen LogP contribution in [0.3, 0.4) is 0 Å². The molecular weight excluding hydrogens is 242 g/mol. The minimum absolute atomic E-state index is 0.423. The summed E-state index contributed by atoms with van der Waals surface area (Å²) in [5, 5.41) is 8.75. The van der Waals surface area contributed by atoms with Crippen molar-refractivity contribution < 1.29 is 0 Å². The van der Waals surface area contributed by atoms with E-state index in [4.69, 9.17) is 0 Å². The van der Waals surface area contributed by atoms with Crippen molar-refractivity contribution in [2.24, 2.45) is 0 Å². The third-order valence-electron chi connectivity index (χ3n) is 3.17. The van der Waals surface area contributed by atoms with Crippen LogP contribution in [0.15, 0.2) is 12.3 Å². The van der Waals surface area contributed by atoms with Gasteiger partial charge in [-0.15, -0.1) is 0 Å². The lowest BCUT2D eigenvalue weighted by atomic mass is 10.2. The maximum Gasteiger partial charge on any atom is 0.0583 e.